The zero-order chi connectivity index (χ0) is 27.8. The van der Waals surface area contributed by atoms with Crippen molar-refractivity contribution in [2.45, 2.75) is 13.1 Å². The number of nitrogens with zero attached hydrogens (tertiary/aromatic N) is 4. The number of H-pyrrole nitrogens is 2. The number of benzene rings is 3. The summed E-state index contributed by atoms with van der Waals surface area (Å²) >= 11 is 0. The highest BCUT2D eigenvalue weighted by Gasteiger charge is 2.21. The van der Waals surface area contributed by atoms with Crippen LogP contribution in [0.2, 0.25) is 0 Å². The smallest absolute Gasteiger partial charge is 0.161 e. The van der Waals surface area contributed by atoms with Crippen molar-refractivity contribution in [3.8, 4) is 33.8 Å². The Morgan fingerprint density at radius 1 is 0.780 bits per heavy atom. The maximum atomic E-state index is 16.2. The highest BCUT2D eigenvalue weighted by atomic mass is 19.1. The summed E-state index contributed by atoms with van der Waals surface area (Å²) in [7, 11) is 0. The molecule has 0 radical (unpaired) electrons. The van der Waals surface area contributed by atoms with E-state index >= 15 is 4.39 Å². The fourth-order valence-corrected chi connectivity index (χ4v) is 5.06. The van der Waals surface area contributed by atoms with E-state index in [0.29, 0.717) is 62.4 Å². The van der Waals surface area contributed by atoms with E-state index in [4.69, 9.17) is 4.98 Å². The van der Waals surface area contributed by atoms with Crippen molar-refractivity contribution in [2.24, 2.45) is 0 Å². The Balaban J connectivity index is 1.24. The molecular formula is C32H23F2N7. The highest BCUT2D eigenvalue weighted by Crippen LogP contribution is 2.35. The van der Waals surface area contributed by atoms with Crippen molar-refractivity contribution in [3.63, 3.8) is 0 Å². The summed E-state index contributed by atoms with van der Waals surface area (Å²) in [5, 5.41) is 11.0. The van der Waals surface area contributed by atoms with E-state index in [0.717, 1.165) is 12.1 Å². The molecule has 0 aliphatic rings. The van der Waals surface area contributed by atoms with Crippen molar-refractivity contribution in [3.05, 3.63) is 120 Å². The molecule has 0 bridgehead atoms. The standard InChI is InChI=1S/C32H23F2N7/c33-23-8-4-7-21(14-23)25-11-12-37-31-29(25)38-32(39-31)30-27-26(40-41-30)10-9-24(28(27)34)22-13-20(17-36-18-22)16-35-15-19-5-2-1-3-6-19/h1-14,17-18,35H,15-16H2,(H,40,41)(H,37,38,39). The molecule has 0 saturated carbocycles. The predicted octanol–water partition coefficient (Wildman–Crippen LogP) is 6.80. The molecule has 0 amide bonds. The number of pyridine rings is 2. The lowest BCUT2D eigenvalue weighted by atomic mass is 10.0. The van der Waals surface area contributed by atoms with Gasteiger partial charge < -0.3 is 10.3 Å². The van der Waals surface area contributed by atoms with Crippen LogP contribution in [0.4, 0.5) is 8.78 Å². The van der Waals surface area contributed by atoms with Crippen LogP contribution in [-0.2, 0) is 13.1 Å². The lowest BCUT2D eigenvalue weighted by Crippen LogP contribution is -2.12. The van der Waals surface area contributed by atoms with E-state index in [9.17, 15) is 4.39 Å². The van der Waals surface area contributed by atoms with E-state index in [-0.39, 0.29) is 5.82 Å². The fourth-order valence-electron chi connectivity index (χ4n) is 5.06. The Morgan fingerprint density at radius 2 is 1.66 bits per heavy atom. The second kappa shape index (κ2) is 10.4. The molecule has 0 atom stereocenters. The number of aromatic amines is 2. The number of hydrogen-bond acceptors (Lipinski definition) is 5. The number of halogens is 2. The third-order valence-electron chi connectivity index (χ3n) is 7.02. The molecule has 0 spiro atoms. The van der Waals surface area contributed by atoms with Crippen LogP contribution in [0.5, 0.6) is 0 Å². The fraction of sp³-hybridized carbons (Fsp3) is 0.0625. The molecule has 0 saturated heterocycles. The van der Waals surface area contributed by atoms with Crippen LogP contribution >= 0.6 is 0 Å². The van der Waals surface area contributed by atoms with E-state index in [1.807, 2.05) is 24.3 Å². The molecule has 0 aliphatic heterocycles. The van der Waals surface area contributed by atoms with E-state index < -0.39 is 5.82 Å². The molecule has 4 heterocycles. The van der Waals surface area contributed by atoms with Crippen LogP contribution in [0.15, 0.2) is 97.5 Å². The second-order valence-electron chi connectivity index (χ2n) is 9.74. The second-order valence-corrected chi connectivity index (χ2v) is 9.74. The number of fused-ring (bicyclic) bond motifs is 2. The molecule has 3 aromatic carbocycles. The van der Waals surface area contributed by atoms with Gasteiger partial charge in [0, 0.05) is 48.4 Å². The van der Waals surface area contributed by atoms with Gasteiger partial charge in [0.2, 0.25) is 0 Å². The van der Waals surface area contributed by atoms with Gasteiger partial charge >= 0.3 is 0 Å². The molecule has 3 N–H and O–H groups in total. The van der Waals surface area contributed by atoms with Crippen molar-refractivity contribution in [2.75, 3.05) is 0 Å². The first kappa shape index (κ1) is 24.7. The van der Waals surface area contributed by atoms with Gasteiger partial charge in [0.25, 0.3) is 0 Å². The van der Waals surface area contributed by atoms with Crippen molar-refractivity contribution >= 4 is 22.1 Å². The van der Waals surface area contributed by atoms with E-state index in [1.165, 1.54) is 17.7 Å². The molecule has 4 aromatic heterocycles. The number of rotatable bonds is 7. The third-order valence-corrected chi connectivity index (χ3v) is 7.02. The summed E-state index contributed by atoms with van der Waals surface area (Å²) < 4.78 is 30.1. The number of aromatic nitrogens is 6. The molecule has 0 unspecified atom stereocenters. The normalized spacial score (nSPS) is 11.5. The van der Waals surface area contributed by atoms with Gasteiger partial charge in [-0.25, -0.2) is 18.7 Å². The summed E-state index contributed by atoms with van der Waals surface area (Å²) in [5.74, 6) is -0.418. The maximum Gasteiger partial charge on any atom is 0.161 e. The summed E-state index contributed by atoms with van der Waals surface area (Å²) in [6, 6.07) is 23.6. The van der Waals surface area contributed by atoms with Crippen molar-refractivity contribution in [1.82, 2.24) is 35.5 Å². The molecular weight excluding hydrogens is 520 g/mol. The monoisotopic (exact) mass is 543 g/mol. The van der Waals surface area contributed by atoms with Crippen LogP contribution < -0.4 is 5.32 Å². The molecule has 7 aromatic rings. The van der Waals surface area contributed by atoms with Gasteiger partial charge in [0.1, 0.15) is 22.8 Å². The van der Waals surface area contributed by atoms with E-state index in [1.54, 1.807) is 48.9 Å². The quantitative estimate of drug-likeness (QED) is 0.206. The molecule has 7 rings (SSSR count). The number of hydrogen-bond donors (Lipinski definition) is 3. The lowest BCUT2D eigenvalue weighted by molar-refractivity contribution is 0.628. The molecule has 41 heavy (non-hydrogen) atoms. The molecule has 200 valence electrons. The van der Waals surface area contributed by atoms with Gasteiger partial charge in [-0.1, -0.05) is 42.5 Å². The number of imidazole rings is 1. The first-order chi connectivity index (χ1) is 20.1. The van der Waals surface area contributed by atoms with Gasteiger partial charge in [-0.3, -0.25) is 10.1 Å². The van der Waals surface area contributed by atoms with Gasteiger partial charge in [-0.2, -0.15) is 5.10 Å². The Kier molecular flexibility index (Phi) is 6.25. The zero-order valence-corrected chi connectivity index (χ0v) is 21.7. The minimum atomic E-state index is -0.429. The average Bonchev–Trinajstić information content (AvgIpc) is 3.63. The largest absolute Gasteiger partial charge is 0.321 e. The zero-order valence-electron chi connectivity index (χ0n) is 21.7. The third kappa shape index (κ3) is 4.72. The lowest BCUT2D eigenvalue weighted by Gasteiger charge is -2.09. The predicted molar refractivity (Wildman–Crippen MR) is 155 cm³/mol. The van der Waals surface area contributed by atoms with Crippen LogP contribution in [0.3, 0.4) is 0 Å². The minimum Gasteiger partial charge on any atom is -0.321 e. The summed E-state index contributed by atoms with van der Waals surface area (Å²) in [6.07, 6.45) is 5.06. The topological polar surface area (TPSA) is 95.2 Å². The van der Waals surface area contributed by atoms with Gasteiger partial charge in [0.05, 0.1) is 10.9 Å². The molecule has 7 nitrogen and oxygen atoms in total. The maximum absolute atomic E-state index is 16.2. The average molecular weight is 544 g/mol. The van der Waals surface area contributed by atoms with Crippen LogP contribution in [-0.4, -0.2) is 30.1 Å². The Hall–Kier alpha value is -5.28. The Morgan fingerprint density at radius 3 is 2.54 bits per heavy atom. The summed E-state index contributed by atoms with van der Waals surface area (Å²) in [5.41, 5.74) is 6.48. The van der Waals surface area contributed by atoms with Crippen LogP contribution in [0.25, 0.3) is 55.8 Å². The SMILES string of the molecule is Fc1cccc(-c2ccnc3[nH]c(-c4n[nH]c5ccc(-c6cncc(CNCc7ccccc7)c6)c(F)c45)nc23)c1. The Labute approximate surface area is 233 Å². The van der Waals surface area contributed by atoms with Gasteiger partial charge in [0.15, 0.2) is 11.5 Å². The summed E-state index contributed by atoms with van der Waals surface area (Å²) in [4.78, 5) is 16.6. The molecule has 0 aliphatic carbocycles. The molecule has 9 heteroatoms. The van der Waals surface area contributed by atoms with Gasteiger partial charge in [-0.15, -0.1) is 0 Å². The first-order valence-electron chi connectivity index (χ1n) is 13.1. The van der Waals surface area contributed by atoms with E-state index in [2.05, 4.69) is 42.6 Å². The highest BCUT2D eigenvalue weighted by molar-refractivity contribution is 5.98. The van der Waals surface area contributed by atoms with Crippen LogP contribution in [0, 0.1) is 11.6 Å². The van der Waals surface area contributed by atoms with Gasteiger partial charge in [-0.05, 0) is 53.1 Å². The van der Waals surface area contributed by atoms with Crippen LogP contribution in [0.1, 0.15) is 11.1 Å². The minimum absolute atomic E-state index is 0.307. The first-order valence-corrected chi connectivity index (χ1v) is 13.1. The van der Waals surface area contributed by atoms with Crippen molar-refractivity contribution in [1.29, 1.82) is 0 Å². The number of nitrogens with one attached hydrogen (secondary N) is 3. The molecule has 0 fully saturated rings. The van der Waals surface area contributed by atoms with Crippen molar-refractivity contribution < 1.29 is 8.78 Å². The summed E-state index contributed by atoms with van der Waals surface area (Å²) in [6.45, 7) is 1.31. The Bertz CT molecular complexity index is 2010.